The second kappa shape index (κ2) is 8.27. The average Bonchev–Trinajstić information content (AvgIpc) is 3.30. The lowest BCUT2D eigenvalue weighted by Crippen LogP contribution is -2.30. The van der Waals surface area contributed by atoms with Crippen LogP contribution in [0, 0.1) is 19.8 Å². The van der Waals surface area contributed by atoms with Gasteiger partial charge in [0.1, 0.15) is 5.75 Å². The molecule has 1 heterocycles. The van der Waals surface area contributed by atoms with Crippen molar-refractivity contribution in [1.82, 2.24) is 0 Å². The third kappa shape index (κ3) is 3.89. The molecule has 0 saturated heterocycles. The van der Waals surface area contributed by atoms with E-state index in [1.165, 1.54) is 23.8 Å². The van der Waals surface area contributed by atoms with Crippen LogP contribution in [-0.4, -0.2) is 15.5 Å². The number of benzene rings is 3. The van der Waals surface area contributed by atoms with Gasteiger partial charge in [-0.2, -0.15) is 0 Å². The molecular formula is C27H28N2O3S. The average molecular weight is 461 g/mol. The maximum atomic E-state index is 13.2. The molecule has 3 aromatic carbocycles. The maximum absolute atomic E-state index is 13.2. The number of allylic oxidation sites excluding steroid dienone is 2. The van der Waals surface area contributed by atoms with Crippen LogP contribution in [0.5, 0.6) is 5.75 Å². The SMILES string of the molecule is COc1ccccc1NS(=O)(=O)c1ccc2c(c1)[C@H]1C=CC[C@H]1[C@@H](c1cc(C)ccc1C)N2. The number of methoxy groups -OCH3 is 1. The molecule has 0 spiro atoms. The van der Waals surface area contributed by atoms with E-state index in [-0.39, 0.29) is 16.9 Å². The molecule has 0 fully saturated rings. The smallest absolute Gasteiger partial charge is 0.262 e. The van der Waals surface area contributed by atoms with Gasteiger partial charge in [0.25, 0.3) is 10.0 Å². The first-order valence-electron chi connectivity index (χ1n) is 11.2. The number of ether oxygens (including phenoxy) is 1. The molecule has 0 aromatic heterocycles. The summed E-state index contributed by atoms with van der Waals surface area (Å²) >= 11 is 0. The predicted molar refractivity (Wildman–Crippen MR) is 133 cm³/mol. The quantitative estimate of drug-likeness (QED) is 0.463. The first-order valence-corrected chi connectivity index (χ1v) is 12.7. The third-order valence-corrected chi connectivity index (χ3v) is 8.13. The van der Waals surface area contributed by atoms with Gasteiger partial charge in [-0.3, -0.25) is 4.72 Å². The Kier molecular flexibility index (Phi) is 5.41. The van der Waals surface area contributed by atoms with Gasteiger partial charge in [-0.25, -0.2) is 8.42 Å². The summed E-state index contributed by atoms with van der Waals surface area (Å²) in [6, 6.07) is 19.2. The Balaban J connectivity index is 1.51. The molecule has 3 atom stereocenters. The number of para-hydroxylation sites is 2. The van der Waals surface area contributed by atoms with E-state index in [0.717, 1.165) is 17.7 Å². The number of hydrogen-bond acceptors (Lipinski definition) is 4. The van der Waals surface area contributed by atoms with Gasteiger partial charge in [0.05, 0.1) is 23.7 Å². The van der Waals surface area contributed by atoms with Crippen LogP contribution in [0.15, 0.2) is 77.7 Å². The molecule has 6 heteroatoms. The Labute approximate surface area is 195 Å². The highest BCUT2D eigenvalue weighted by Gasteiger charge is 2.39. The van der Waals surface area contributed by atoms with Crippen LogP contribution in [0.25, 0.3) is 0 Å². The molecule has 170 valence electrons. The lowest BCUT2D eigenvalue weighted by atomic mass is 9.76. The largest absolute Gasteiger partial charge is 0.495 e. The molecule has 1 aliphatic carbocycles. The van der Waals surface area contributed by atoms with Crippen molar-refractivity contribution >= 4 is 21.4 Å². The highest BCUT2D eigenvalue weighted by atomic mass is 32.2. The fourth-order valence-electron chi connectivity index (χ4n) is 5.08. The molecule has 2 N–H and O–H groups in total. The van der Waals surface area contributed by atoms with Crippen LogP contribution in [0.4, 0.5) is 11.4 Å². The molecular weight excluding hydrogens is 432 g/mol. The second-order valence-electron chi connectivity index (χ2n) is 8.89. The zero-order valence-electron chi connectivity index (χ0n) is 19.0. The van der Waals surface area contributed by atoms with Crippen LogP contribution in [-0.2, 0) is 10.0 Å². The van der Waals surface area contributed by atoms with Gasteiger partial charge >= 0.3 is 0 Å². The van der Waals surface area contributed by atoms with E-state index in [4.69, 9.17) is 4.74 Å². The first-order chi connectivity index (χ1) is 15.9. The second-order valence-corrected chi connectivity index (χ2v) is 10.6. The fourth-order valence-corrected chi connectivity index (χ4v) is 6.18. The van der Waals surface area contributed by atoms with Crippen molar-refractivity contribution in [2.45, 2.75) is 37.1 Å². The molecule has 0 radical (unpaired) electrons. The first kappa shape index (κ1) is 21.6. The van der Waals surface area contributed by atoms with E-state index in [1.807, 2.05) is 12.1 Å². The van der Waals surface area contributed by atoms with E-state index in [1.54, 1.807) is 30.3 Å². The summed E-state index contributed by atoms with van der Waals surface area (Å²) in [6.07, 6.45) is 5.41. The Hall–Kier alpha value is -3.25. The molecule has 2 aliphatic rings. The summed E-state index contributed by atoms with van der Waals surface area (Å²) in [5.74, 6) is 1.00. The van der Waals surface area contributed by atoms with E-state index < -0.39 is 10.0 Å². The van der Waals surface area contributed by atoms with Gasteiger partial charge in [-0.05, 0) is 73.2 Å². The third-order valence-electron chi connectivity index (χ3n) is 6.77. The van der Waals surface area contributed by atoms with Gasteiger partial charge < -0.3 is 10.1 Å². The minimum Gasteiger partial charge on any atom is -0.495 e. The lowest BCUT2D eigenvalue weighted by Gasteiger charge is -2.38. The van der Waals surface area contributed by atoms with Crippen molar-refractivity contribution < 1.29 is 13.2 Å². The number of aryl methyl sites for hydroxylation is 2. The number of rotatable bonds is 5. The fraction of sp³-hybridized carbons (Fsp3) is 0.259. The van der Waals surface area contributed by atoms with E-state index >= 15 is 0 Å². The molecule has 0 saturated carbocycles. The molecule has 0 unspecified atom stereocenters. The summed E-state index contributed by atoms with van der Waals surface area (Å²) in [4.78, 5) is 0.248. The molecule has 1 aliphatic heterocycles. The van der Waals surface area contributed by atoms with Gasteiger partial charge in [-0.15, -0.1) is 0 Å². The number of hydrogen-bond donors (Lipinski definition) is 2. The molecule has 3 aromatic rings. The summed E-state index contributed by atoms with van der Waals surface area (Å²) in [7, 11) is -2.24. The molecule has 33 heavy (non-hydrogen) atoms. The molecule has 5 rings (SSSR count). The van der Waals surface area contributed by atoms with Crippen LogP contribution < -0.4 is 14.8 Å². The van der Waals surface area contributed by atoms with E-state index in [2.05, 4.69) is 54.2 Å². The van der Waals surface area contributed by atoms with Crippen molar-refractivity contribution in [3.05, 3.63) is 95.1 Å². The number of nitrogens with one attached hydrogen (secondary N) is 2. The Morgan fingerprint density at radius 2 is 1.82 bits per heavy atom. The number of fused-ring (bicyclic) bond motifs is 3. The van der Waals surface area contributed by atoms with Crippen LogP contribution >= 0.6 is 0 Å². The van der Waals surface area contributed by atoms with Gasteiger partial charge in [-0.1, -0.05) is 48.0 Å². The Bertz CT molecular complexity index is 1350. The van der Waals surface area contributed by atoms with Gasteiger partial charge in [0, 0.05) is 11.6 Å². The molecule has 5 nitrogen and oxygen atoms in total. The maximum Gasteiger partial charge on any atom is 0.262 e. The standard InChI is InChI=1S/C27H28N2O3S/c1-17-11-12-18(2)22(15-17)27-21-8-6-7-20(21)23-16-19(13-14-24(23)28-27)33(30,31)29-25-9-4-5-10-26(25)32-3/h4-7,9-16,20-21,27-29H,8H2,1-3H3/t20-,21+,27-/m0/s1. The number of sulfonamides is 1. The van der Waals surface area contributed by atoms with Crippen LogP contribution in [0.3, 0.4) is 0 Å². The monoisotopic (exact) mass is 460 g/mol. The van der Waals surface area contributed by atoms with Crippen molar-refractivity contribution in [3.8, 4) is 5.75 Å². The Morgan fingerprint density at radius 3 is 2.64 bits per heavy atom. The van der Waals surface area contributed by atoms with Gasteiger partial charge in [0.15, 0.2) is 0 Å². The minimum absolute atomic E-state index is 0.174. The topological polar surface area (TPSA) is 67.4 Å². The summed E-state index contributed by atoms with van der Waals surface area (Å²) in [5, 5.41) is 3.72. The van der Waals surface area contributed by atoms with Crippen molar-refractivity contribution in [2.24, 2.45) is 5.92 Å². The van der Waals surface area contributed by atoms with E-state index in [9.17, 15) is 8.42 Å². The highest BCUT2D eigenvalue weighted by molar-refractivity contribution is 7.92. The molecule has 0 bridgehead atoms. The minimum atomic E-state index is -3.77. The van der Waals surface area contributed by atoms with E-state index in [0.29, 0.717) is 17.4 Å². The zero-order valence-corrected chi connectivity index (χ0v) is 19.8. The summed E-state index contributed by atoms with van der Waals surface area (Å²) in [5.41, 5.74) is 6.27. The number of anilines is 2. The Morgan fingerprint density at radius 1 is 1.00 bits per heavy atom. The van der Waals surface area contributed by atoms with Gasteiger partial charge in [0.2, 0.25) is 0 Å². The van der Waals surface area contributed by atoms with Crippen LogP contribution in [0.2, 0.25) is 0 Å². The van der Waals surface area contributed by atoms with Crippen molar-refractivity contribution in [3.63, 3.8) is 0 Å². The van der Waals surface area contributed by atoms with Crippen molar-refractivity contribution in [1.29, 1.82) is 0 Å². The summed E-state index contributed by atoms with van der Waals surface area (Å²) < 4.78 is 34.4. The summed E-state index contributed by atoms with van der Waals surface area (Å²) in [6.45, 7) is 4.28. The predicted octanol–water partition coefficient (Wildman–Crippen LogP) is 5.94. The van der Waals surface area contributed by atoms with Crippen LogP contribution in [0.1, 0.15) is 40.6 Å². The lowest BCUT2D eigenvalue weighted by molar-refractivity contribution is 0.417. The highest BCUT2D eigenvalue weighted by Crippen LogP contribution is 2.50. The molecule has 0 amide bonds. The zero-order chi connectivity index (χ0) is 23.2. The normalized spacial score (nSPS) is 21.1. The van der Waals surface area contributed by atoms with Crippen molar-refractivity contribution in [2.75, 3.05) is 17.1 Å².